The van der Waals surface area contributed by atoms with Crippen LogP contribution in [0, 0.1) is 12.7 Å². The molecule has 0 radical (unpaired) electrons. The Balaban J connectivity index is 1.37. The lowest BCUT2D eigenvalue weighted by Gasteiger charge is -2.05. The predicted octanol–water partition coefficient (Wildman–Crippen LogP) is 5.46. The zero-order chi connectivity index (χ0) is 21.8. The highest BCUT2D eigenvalue weighted by Crippen LogP contribution is 2.19. The van der Waals surface area contributed by atoms with Crippen LogP contribution >= 0.6 is 11.6 Å². The molecule has 0 aliphatic rings. The van der Waals surface area contributed by atoms with Gasteiger partial charge in [-0.15, -0.1) is 0 Å². The lowest BCUT2D eigenvalue weighted by atomic mass is 10.2. The lowest BCUT2D eigenvalue weighted by molar-refractivity contribution is 0.0992. The van der Waals surface area contributed by atoms with E-state index in [0.717, 1.165) is 5.69 Å². The largest absolute Gasteiger partial charge is 0.486 e. The highest BCUT2D eigenvalue weighted by Gasteiger charge is 2.15. The number of halogens is 2. The number of hydrogen-bond donors (Lipinski definition) is 1. The van der Waals surface area contributed by atoms with Gasteiger partial charge in [-0.2, -0.15) is 5.10 Å². The average Bonchev–Trinajstić information content (AvgIpc) is 3.36. The third kappa shape index (κ3) is 5.13. The number of amides is 1. The summed E-state index contributed by atoms with van der Waals surface area (Å²) in [4.78, 5) is 12.5. The second kappa shape index (κ2) is 9.06. The van der Waals surface area contributed by atoms with Gasteiger partial charge in [0.1, 0.15) is 23.9 Å². The van der Waals surface area contributed by atoms with Gasteiger partial charge in [0.25, 0.3) is 5.91 Å². The maximum Gasteiger partial charge on any atom is 0.292 e. The molecule has 8 heteroatoms. The predicted molar refractivity (Wildman–Crippen MR) is 115 cm³/mol. The van der Waals surface area contributed by atoms with Crippen LogP contribution in [0.4, 0.5) is 10.2 Å². The third-order valence-electron chi connectivity index (χ3n) is 4.58. The molecule has 31 heavy (non-hydrogen) atoms. The number of furan rings is 1. The van der Waals surface area contributed by atoms with Crippen LogP contribution in [0.1, 0.15) is 27.6 Å². The Morgan fingerprint density at radius 3 is 2.71 bits per heavy atom. The van der Waals surface area contributed by atoms with Crippen molar-refractivity contribution in [2.45, 2.75) is 20.1 Å². The second-order valence-electron chi connectivity index (χ2n) is 6.88. The van der Waals surface area contributed by atoms with Crippen molar-refractivity contribution in [1.82, 2.24) is 9.78 Å². The van der Waals surface area contributed by atoms with Crippen LogP contribution in [0.2, 0.25) is 5.02 Å². The first-order chi connectivity index (χ1) is 15.0. The number of carbonyl (C=O) groups is 1. The summed E-state index contributed by atoms with van der Waals surface area (Å²) in [5.74, 6) is 0.898. The van der Waals surface area contributed by atoms with Gasteiger partial charge >= 0.3 is 0 Å². The summed E-state index contributed by atoms with van der Waals surface area (Å²) in [6.45, 7) is 2.27. The number of rotatable bonds is 7. The van der Waals surface area contributed by atoms with Crippen LogP contribution in [-0.4, -0.2) is 15.7 Å². The van der Waals surface area contributed by atoms with E-state index in [4.69, 9.17) is 20.8 Å². The summed E-state index contributed by atoms with van der Waals surface area (Å²) >= 11 is 5.85. The summed E-state index contributed by atoms with van der Waals surface area (Å²) in [6, 6.07) is 18.4. The Morgan fingerprint density at radius 2 is 1.94 bits per heavy atom. The van der Waals surface area contributed by atoms with Crippen molar-refractivity contribution < 1.29 is 18.3 Å². The fraction of sp³-hybridized carbons (Fsp3) is 0.130. The molecule has 4 rings (SSSR count). The fourth-order valence-electron chi connectivity index (χ4n) is 2.96. The van der Waals surface area contributed by atoms with E-state index in [1.807, 2.05) is 6.92 Å². The molecule has 0 spiro atoms. The minimum atomic E-state index is -0.437. The Kier molecular flexibility index (Phi) is 6.04. The summed E-state index contributed by atoms with van der Waals surface area (Å²) in [7, 11) is 0. The van der Waals surface area contributed by atoms with Gasteiger partial charge in [0.2, 0.25) is 0 Å². The van der Waals surface area contributed by atoms with Crippen LogP contribution in [0.5, 0.6) is 5.75 Å². The van der Waals surface area contributed by atoms with Crippen LogP contribution in [0.3, 0.4) is 0 Å². The van der Waals surface area contributed by atoms with E-state index in [9.17, 15) is 9.18 Å². The number of anilines is 1. The first-order valence-electron chi connectivity index (χ1n) is 9.54. The molecule has 0 aliphatic heterocycles. The van der Waals surface area contributed by atoms with Crippen LogP contribution in [0.25, 0.3) is 0 Å². The molecule has 6 nitrogen and oxygen atoms in total. The van der Waals surface area contributed by atoms with Gasteiger partial charge in [-0.3, -0.25) is 9.48 Å². The van der Waals surface area contributed by atoms with Crippen molar-refractivity contribution in [2.75, 3.05) is 5.32 Å². The normalized spacial score (nSPS) is 10.8. The highest BCUT2D eigenvalue weighted by atomic mass is 35.5. The summed E-state index contributed by atoms with van der Waals surface area (Å²) in [6.07, 6.45) is 0. The molecule has 0 unspecified atom stereocenters. The van der Waals surface area contributed by atoms with Crippen LogP contribution < -0.4 is 10.1 Å². The Hall–Kier alpha value is -3.58. The molecular formula is C23H19ClFN3O3. The number of nitrogens with zero attached hydrogens (tertiary/aromatic N) is 2. The smallest absolute Gasteiger partial charge is 0.292 e. The molecule has 2 aromatic carbocycles. The number of aryl methyl sites for hydroxylation is 1. The van der Waals surface area contributed by atoms with Crippen LogP contribution in [-0.2, 0) is 13.2 Å². The van der Waals surface area contributed by atoms with E-state index < -0.39 is 5.91 Å². The van der Waals surface area contributed by atoms with Gasteiger partial charge in [-0.25, -0.2) is 4.39 Å². The van der Waals surface area contributed by atoms with Gasteiger partial charge in [-0.1, -0.05) is 29.8 Å². The maximum absolute atomic E-state index is 13.9. The van der Waals surface area contributed by atoms with E-state index in [0.29, 0.717) is 27.9 Å². The molecule has 2 heterocycles. The molecule has 0 fully saturated rings. The average molecular weight is 440 g/mol. The van der Waals surface area contributed by atoms with Gasteiger partial charge < -0.3 is 14.5 Å². The summed E-state index contributed by atoms with van der Waals surface area (Å²) in [5.41, 5.74) is 1.30. The molecule has 158 valence electrons. The van der Waals surface area contributed by atoms with Gasteiger partial charge in [-0.05, 0) is 49.4 Å². The number of benzene rings is 2. The molecule has 1 amide bonds. The Bertz CT molecular complexity index is 1200. The quantitative estimate of drug-likeness (QED) is 0.415. The zero-order valence-corrected chi connectivity index (χ0v) is 17.4. The number of hydrogen-bond acceptors (Lipinski definition) is 4. The maximum atomic E-state index is 13.9. The van der Waals surface area contributed by atoms with E-state index >= 15 is 0 Å². The van der Waals surface area contributed by atoms with Gasteiger partial charge in [0.15, 0.2) is 11.6 Å². The zero-order valence-electron chi connectivity index (χ0n) is 16.6. The van der Waals surface area contributed by atoms with Crippen molar-refractivity contribution in [1.29, 1.82) is 0 Å². The van der Waals surface area contributed by atoms with Crippen molar-refractivity contribution in [3.8, 4) is 5.75 Å². The molecule has 0 atom stereocenters. The standard InChI is InChI=1S/C23H19ClFN3O3/c1-15-12-22(27-28(15)13-16-4-2-3-5-20(16)25)26-23(29)21-11-10-19(31-21)14-30-18-8-6-17(24)7-9-18/h2-12H,13-14H2,1H3,(H,26,27,29). The number of ether oxygens (including phenoxy) is 1. The van der Waals surface area contributed by atoms with Gasteiger partial charge in [0, 0.05) is 22.3 Å². The first kappa shape index (κ1) is 20.7. The topological polar surface area (TPSA) is 69.3 Å². The summed E-state index contributed by atoms with van der Waals surface area (Å²) < 4.78 is 26.7. The highest BCUT2D eigenvalue weighted by molar-refractivity contribution is 6.30. The molecule has 0 aliphatic carbocycles. The first-order valence-corrected chi connectivity index (χ1v) is 9.92. The van der Waals surface area contributed by atoms with E-state index in [-0.39, 0.29) is 24.7 Å². The summed E-state index contributed by atoms with van der Waals surface area (Å²) in [5, 5.41) is 7.66. The molecule has 0 saturated carbocycles. The Morgan fingerprint density at radius 1 is 1.16 bits per heavy atom. The second-order valence-corrected chi connectivity index (χ2v) is 7.32. The van der Waals surface area contributed by atoms with Gasteiger partial charge in [0.05, 0.1) is 6.54 Å². The molecular weight excluding hydrogens is 421 g/mol. The van der Waals surface area contributed by atoms with Crippen molar-refractivity contribution in [2.24, 2.45) is 0 Å². The molecule has 0 saturated heterocycles. The van der Waals surface area contributed by atoms with E-state index in [2.05, 4.69) is 10.4 Å². The number of nitrogens with one attached hydrogen (secondary N) is 1. The number of aromatic nitrogens is 2. The Labute approximate surface area is 183 Å². The lowest BCUT2D eigenvalue weighted by Crippen LogP contribution is -2.12. The monoisotopic (exact) mass is 439 g/mol. The molecule has 2 aromatic heterocycles. The molecule has 4 aromatic rings. The van der Waals surface area contributed by atoms with E-state index in [1.54, 1.807) is 65.3 Å². The minimum Gasteiger partial charge on any atom is -0.486 e. The van der Waals surface area contributed by atoms with Crippen molar-refractivity contribution >= 4 is 23.3 Å². The SMILES string of the molecule is Cc1cc(NC(=O)c2ccc(COc3ccc(Cl)cc3)o2)nn1Cc1ccccc1F. The molecule has 0 bridgehead atoms. The number of carbonyl (C=O) groups excluding carboxylic acids is 1. The van der Waals surface area contributed by atoms with E-state index in [1.165, 1.54) is 6.07 Å². The van der Waals surface area contributed by atoms with Crippen LogP contribution in [0.15, 0.2) is 71.1 Å². The fourth-order valence-corrected chi connectivity index (χ4v) is 3.09. The molecule has 1 N–H and O–H groups in total. The third-order valence-corrected chi connectivity index (χ3v) is 4.83. The van der Waals surface area contributed by atoms with Crippen molar-refractivity contribution in [3.63, 3.8) is 0 Å². The minimum absolute atomic E-state index is 0.135. The van der Waals surface area contributed by atoms with Crippen molar-refractivity contribution in [3.05, 3.63) is 100 Å².